The van der Waals surface area contributed by atoms with E-state index in [1.165, 1.54) is 17.3 Å². The normalized spacial score (nSPS) is 23.0. The molecular formula is C9H15N5O. The maximum Gasteiger partial charge on any atom is 0.248 e. The summed E-state index contributed by atoms with van der Waals surface area (Å²) in [6, 6.07) is 0. The SMILES string of the molecule is CC1(C)N=C(n2cncn2)N(O)C1(C)C. The van der Waals surface area contributed by atoms with Gasteiger partial charge in [-0.25, -0.2) is 15.0 Å². The summed E-state index contributed by atoms with van der Waals surface area (Å²) in [5.74, 6) is 0.405. The molecule has 0 bridgehead atoms. The summed E-state index contributed by atoms with van der Waals surface area (Å²) in [5.41, 5.74) is -0.836. The average Bonchev–Trinajstić information content (AvgIpc) is 2.69. The van der Waals surface area contributed by atoms with Crippen LogP contribution in [0.25, 0.3) is 0 Å². The van der Waals surface area contributed by atoms with Crippen LogP contribution in [0.4, 0.5) is 0 Å². The summed E-state index contributed by atoms with van der Waals surface area (Å²) >= 11 is 0. The van der Waals surface area contributed by atoms with Gasteiger partial charge in [-0.1, -0.05) is 0 Å². The molecule has 6 heteroatoms. The molecule has 1 N–H and O–H groups in total. The Morgan fingerprint density at radius 1 is 1.27 bits per heavy atom. The maximum atomic E-state index is 10.0. The lowest BCUT2D eigenvalue weighted by atomic mass is 9.84. The third-order valence-electron chi connectivity index (χ3n) is 3.22. The van der Waals surface area contributed by atoms with Crippen LogP contribution in [0, 0.1) is 0 Å². The van der Waals surface area contributed by atoms with E-state index in [0.29, 0.717) is 5.96 Å². The van der Waals surface area contributed by atoms with Crippen molar-refractivity contribution in [2.24, 2.45) is 4.99 Å². The summed E-state index contributed by atoms with van der Waals surface area (Å²) < 4.78 is 1.45. The van der Waals surface area contributed by atoms with Gasteiger partial charge in [-0.3, -0.25) is 5.21 Å². The van der Waals surface area contributed by atoms with Crippen LogP contribution in [0.3, 0.4) is 0 Å². The highest BCUT2D eigenvalue weighted by atomic mass is 16.5. The molecule has 0 amide bonds. The minimum Gasteiger partial charge on any atom is -0.285 e. The first-order valence-electron chi connectivity index (χ1n) is 4.80. The molecule has 0 aliphatic carbocycles. The zero-order valence-corrected chi connectivity index (χ0v) is 9.34. The van der Waals surface area contributed by atoms with Crippen molar-refractivity contribution in [2.45, 2.75) is 38.8 Å². The molecule has 0 aromatic carbocycles. The molecule has 1 aliphatic heterocycles. The van der Waals surface area contributed by atoms with Gasteiger partial charge in [0.15, 0.2) is 0 Å². The van der Waals surface area contributed by atoms with Gasteiger partial charge in [0.2, 0.25) is 5.96 Å². The second kappa shape index (κ2) is 2.79. The largest absolute Gasteiger partial charge is 0.285 e. The van der Waals surface area contributed by atoms with E-state index in [0.717, 1.165) is 5.06 Å². The first kappa shape index (κ1) is 10.1. The van der Waals surface area contributed by atoms with Gasteiger partial charge in [0.1, 0.15) is 12.7 Å². The summed E-state index contributed by atoms with van der Waals surface area (Å²) in [4.78, 5) is 8.28. The van der Waals surface area contributed by atoms with E-state index in [9.17, 15) is 5.21 Å². The number of aromatic nitrogens is 3. The van der Waals surface area contributed by atoms with Gasteiger partial charge in [0, 0.05) is 0 Å². The highest BCUT2D eigenvalue weighted by Gasteiger charge is 2.49. The van der Waals surface area contributed by atoms with Crippen LogP contribution in [0.15, 0.2) is 17.6 Å². The molecule has 0 fully saturated rings. The Labute approximate surface area is 88.2 Å². The van der Waals surface area contributed by atoms with Crippen LogP contribution < -0.4 is 0 Å². The molecule has 1 aromatic rings. The molecule has 1 aliphatic rings. The topological polar surface area (TPSA) is 66.5 Å². The summed E-state index contributed by atoms with van der Waals surface area (Å²) in [5, 5.41) is 15.1. The van der Waals surface area contributed by atoms with Gasteiger partial charge < -0.3 is 0 Å². The number of nitrogens with zero attached hydrogens (tertiary/aromatic N) is 5. The summed E-state index contributed by atoms with van der Waals surface area (Å²) in [7, 11) is 0. The van der Waals surface area contributed by atoms with Crippen LogP contribution in [0.2, 0.25) is 0 Å². The molecule has 1 aromatic heterocycles. The van der Waals surface area contributed by atoms with E-state index in [1.54, 1.807) is 0 Å². The third kappa shape index (κ3) is 1.25. The first-order valence-corrected chi connectivity index (χ1v) is 4.80. The molecule has 2 rings (SSSR count). The second-order valence-corrected chi connectivity index (χ2v) is 4.68. The van der Waals surface area contributed by atoms with Crippen molar-refractivity contribution in [3.63, 3.8) is 0 Å². The summed E-state index contributed by atoms with van der Waals surface area (Å²) in [6.45, 7) is 7.81. The lowest BCUT2D eigenvalue weighted by molar-refractivity contribution is -0.103. The Kier molecular flexibility index (Phi) is 1.88. The highest BCUT2D eigenvalue weighted by molar-refractivity contribution is 5.83. The minimum absolute atomic E-state index is 0.372. The number of hydrogen-bond acceptors (Lipinski definition) is 5. The Hall–Kier alpha value is -1.43. The van der Waals surface area contributed by atoms with Crippen molar-refractivity contribution in [2.75, 3.05) is 0 Å². The van der Waals surface area contributed by atoms with Crippen molar-refractivity contribution in [1.29, 1.82) is 0 Å². The van der Waals surface area contributed by atoms with Crippen LogP contribution in [0.1, 0.15) is 27.7 Å². The molecule has 82 valence electrons. The first-order chi connectivity index (χ1) is 6.86. The van der Waals surface area contributed by atoms with Crippen molar-refractivity contribution in [3.05, 3.63) is 12.7 Å². The number of hydrogen-bond donors (Lipinski definition) is 1. The Bertz CT molecular complexity index is 393. The van der Waals surface area contributed by atoms with E-state index in [2.05, 4.69) is 15.1 Å². The van der Waals surface area contributed by atoms with Gasteiger partial charge in [-0.2, -0.15) is 9.78 Å². The lowest BCUT2D eigenvalue weighted by Gasteiger charge is -2.36. The van der Waals surface area contributed by atoms with Crippen LogP contribution in [0.5, 0.6) is 0 Å². The predicted octanol–water partition coefficient (Wildman–Crippen LogP) is 0.744. The fourth-order valence-corrected chi connectivity index (χ4v) is 1.40. The van der Waals surface area contributed by atoms with Crippen molar-refractivity contribution in [1.82, 2.24) is 19.8 Å². The van der Waals surface area contributed by atoms with E-state index >= 15 is 0 Å². The fourth-order valence-electron chi connectivity index (χ4n) is 1.40. The predicted molar refractivity (Wildman–Crippen MR) is 54.6 cm³/mol. The molecule has 0 atom stereocenters. The Morgan fingerprint density at radius 2 is 1.93 bits per heavy atom. The highest BCUT2D eigenvalue weighted by Crippen LogP contribution is 2.36. The van der Waals surface area contributed by atoms with Crippen molar-refractivity contribution >= 4 is 5.96 Å². The van der Waals surface area contributed by atoms with Gasteiger partial charge in [0.25, 0.3) is 0 Å². The molecule has 15 heavy (non-hydrogen) atoms. The van der Waals surface area contributed by atoms with E-state index < -0.39 is 5.54 Å². The maximum absolute atomic E-state index is 10.0. The number of aliphatic imine (C=N–C) groups is 1. The molecule has 0 saturated heterocycles. The van der Waals surface area contributed by atoms with Gasteiger partial charge in [0.05, 0.1) is 11.1 Å². The van der Waals surface area contributed by atoms with Crippen molar-refractivity contribution < 1.29 is 5.21 Å². The molecular weight excluding hydrogens is 194 g/mol. The van der Waals surface area contributed by atoms with E-state index in [-0.39, 0.29) is 5.54 Å². The zero-order valence-electron chi connectivity index (χ0n) is 9.34. The van der Waals surface area contributed by atoms with Gasteiger partial charge >= 0.3 is 0 Å². The standard InChI is InChI=1S/C9H15N5O/c1-8(2)9(3,4)14(15)7(12-8)13-6-10-5-11-13/h5-6,15H,1-4H3. The fraction of sp³-hybridized carbons (Fsp3) is 0.667. The minimum atomic E-state index is -0.464. The Morgan fingerprint density at radius 3 is 2.33 bits per heavy atom. The van der Waals surface area contributed by atoms with Crippen LogP contribution in [-0.2, 0) is 0 Å². The van der Waals surface area contributed by atoms with Crippen LogP contribution >= 0.6 is 0 Å². The molecule has 6 nitrogen and oxygen atoms in total. The molecule has 0 unspecified atom stereocenters. The Balaban J connectivity index is 2.46. The number of hydroxylamine groups is 2. The van der Waals surface area contributed by atoms with Gasteiger partial charge in [-0.15, -0.1) is 0 Å². The third-order valence-corrected chi connectivity index (χ3v) is 3.22. The zero-order chi connectivity index (χ0) is 11.3. The lowest BCUT2D eigenvalue weighted by Crippen LogP contribution is -2.52. The monoisotopic (exact) mass is 209 g/mol. The average molecular weight is 209 g/mol. The van der Waals surface area contributed by atoms with Gasteiger partial charge in [-0.05, 0) is 27.7 Å². The molecule has 0 spiro atoms. The molecule has 0 radical (unpaired) electrons. The smallest absolute Gasteiger partial charge is 0.248 e. The quantitative estimate of drug-likeness (QED) is 0.684. The molecule has 0 saturated carbocycles. The van der Waals surface area contributed by atoms with Crippen LogP contribution in [-0.4, -0.2) is 42.1 Å². The number of rotatable bonds is 0. The second-order valence-electron chi connectivity index (χ2n) is 4.68. The van der Waals surface area contributed by atoms with Crippen molar-refractivity contribution in [3.8, 4) is 0 Å². The molecule has 2 heterocycles. The van der Waals surface area contributed by atoms with E-state index in [4.69, 9.17) is 0 Å². The summed E-state index contributed by atoms with van der Waals surface area (Å²) in [6.07, 6.45) is 2.92. The van der Waals surface area contributed by atoms with E-state index in [1.807, 2.05) is 27.7 Å².